The number of rotatable bonds is 6. The first-order chi connectivity index (χ1) is 15.7. The number of benzene rings is 1. The molecule has 0 saturated heterocycles. The van der Waals surface area contributed by atoms with Gasteiger partial charge in [-0.3, -0.25) is 14.2 Å². The normalized spacial score (nSPS) is 12.7. The largest absolute Gasteiger partial charge is 0.497 e. The number of fused-ring (bicyclic) bond motifs is 1. The van der Waals surface area contributed by atoms with E-state index >= 15 is 0 Å². The quantitative estimate of drug-likeness (QED) is 0.484. The highest BCUT2D eigenvalue weighted by Gasteiger charge is 2.29. The number of carbonyl (C=O) groups excluding carboxylic acids is 1. The number of aromatic nitrogens is 5. The van der Waals surface area contributed by atoms with Crippen LogP contribution in [0.1, 0.15) is 36.8 Å². The van der Waals surface area contributed by atoms with Crippen LogP contribution >= 0.6 is 0 Å². The predicted octanol–water partition coefficient (Wildman–Crippen LogP) is 3.99. The molecule has 0 aliphatic carbocycles. The number of ether oxygens (including phenoxy) is 1. The second kappa shape index (κ2) is 8.69. The maximum absolute atomic E-state index is 13.7. The molecule has 8 heteroatoms. The third kappa shape index (κ3) is 4.60. The van der Waals surface area contributed by atoms with Gasteiger partial charge in [-0.1, -0.05) is 32.9 Å². The highest BCUT2D eigenvalue weighted by Crippen LogP contribution is 2.29. The third-order valence-electron chi connectivity index (χ3n) is 5.86. The Hall–Kier alpha value is -3.68. The molecular weight excluding hydrogens is 416 g/mol. The fourth-order valence-electron chi connectivity index (χ4n) is 3.92. The molecule has 3 heterocycles. The first kappa shape index (κ1) is 22.5. The number of aryl methyl sites for hydroxylation is 2. The van der Waals surface area contributed by atoms with E-state index in [4.69, 9.17) is 9.72 Å². The van der Waals surface area contributed by atoms with Gasteiger partial charge in [0.25, 0.3) is 5.91 Å². The predicted molar refractivity (Wildman–Crippen MR) is 128 cm³/mol. The molecule has 1 aromatic carbocycles. The molecule has 0 spiro atoms. The number of hydrogen-bond acceptors (Lipinski definition) is 5. The maximum Gasteiger partial charge on any atom is 0.252 e. The van der Waals surface area contributed by atoms with Gasteiger partial charge in [-0.05, 0) is 36.6 Å². The molecule has 0 aliphatic rings. The fourth-order valence-corrected chi connectivity index (χ4v) is 3.92. The standard InChI is InChI=1S/C25H30N6O2/c1-16-22-19(24(32)28-21(25(2,3)4)15-31-12-8-11-26-31)14-20(27-23(22)30(5)29-16)17-9-7-10-18(13-17)33-6/h7-14,21H,15H2,1-6H3,(H,28,32)/t21-/m1/s1. The molecule has 8 nitrogen and oxygen atoms in total. The molecule has 3 aromatic heterocycles. The minimum Gasteiger partial charge on any atom is -0.497 e. The Morgan fingerprint density at radius 3 is 2.67 bits per heavy atom. The van der Waals surface area contributed by atoms with Crippen molar-refractivity contribution in [3.8, 4) is 17.0 Å². The van der Waals surface area contributed by atoms with Crippen molar-refractivity contribution in [2.24, 2.45) is 12.5 Å². The lowest BCUT2D eigenvalue weighted by molar-refractivity contribution is 0.0892. The topological polar surface area (TPSA) is 86.9 Å². The summed E-state index contributed by atoms with van der Waals surface area (Å²) in [5.74, 6) is 0.573. The van der Waals surface area contributed by atoms with Crippen LogP contribution < -0.4 is 10.1 Å². The van der Waals surface area contributed by atoms with E-state index in [1.165, 1.54) is 0 Å². The van der Waals surface area contributed by atoms with Crippen LogP contribution in [-0.2, 0) is 13.6 Å². The van der Waals surface area contributed by atoms with E-state index in [1.807, 2.05) is 61.2 Å². The smallest absolute Gasteiger partial charge is 0.252 e. The number of amides is 1. The van der Waals surface area contributed by atoms with Crippen LogP contribution in [-0.4, -0.2) is 43.6 Å². The van der Waals surface area contributed by atoms with Crippen LogP contribution in [0.5, 0.6) is 5.75 Å². The monoisotopic (exact) mass is 446 g/mol. The summed E-state index contributed by atoms with van der Waals surface area (Å²) in [6.45, 7) is 8.81. The first-order valence-electron chi connectivity index (χ1n) is 10.9. The van der Waals surface area contributed by atoms with Crippen LogP contribution in [0.2, 0.25) is 0 Å². The summed E-state index contributed by atoms with van der Waals surface area (Å²) >= 11 is 0. The summed E-state index contributed by atoms with van der Waals surface area (Å²) in [4.78, 5) is 18.5. The summed E-state index contributed by atoms with van der Waals surface area (Å²) in [7, 11) is 3.47. The Kier molecular flexibility index (Phi) is 5.93. The van der Waals surface area contributed by atoms with E-state index in [1.54, 1.807) is 18.0 Å². The van der Waals surface area contributed by atoms with Gasteiger partial charge in [-0.25, -0.2) is 4.98 Å². The Balaban J connectivity index is 1.78. The average Bonchev–Trinajstić information content (AvgIpc) is 3.39. The number of methoxy groups -OCH3 is 1. The molecule has 4 rings (SSSR count). The van der Waals surface area contributed by atoms with Gasteiger partial charge in [0, 0.05) is 25.0 Å². The first-order valence-corrected chi connectivity index (χ1v) is 10.9. The minimum atomic E-state index is -0.173. The molecule has 0 aliphatic heterocycles. The summed E-state index contributed by atoms with van der Waals surface area (Å²) in [5, 5.41) is 12.9. The molecule has 0 saturated carbocycles. The van der Waals surface area contributed by atoms with E-state index in [-0.39, 0.29) is 17.4 Å². The number of carbonyl (C=O) groups is 1. The highest BCUT2D eigenvalue weighted by atomic mass is 16.5. The summed E-state index contributed by atoms with van der Waals surface area (Å²) in [6, 6.07) is 11.3. The van der Waals surface area contributed by atoms with E-state index < -0.39 is 0 Å². The molecule has 172 valence electrons. The van der Waals surface area contributed by atoms with Crippen LogP contribution in [0.15, 0.2) is 48.8 Å². The average molecular weight is 447 g/mol. The number of nitrogens with one attached hydrogen (secondary N) is 1. The third-order valence-corrected chi connectivity index (χ3v) is 5.86. The SMILES string of the molecule is COc1cccc(-c2cc(C(=O)N[C@H](Cn3cccn3)C(C)(C)C)c3c(C)nn(C)c3n2)c1. The molecule has 4 aromatic rings. The van der Waals surface area contributed by atoms with Crippen molar-refractivity contribution in [2.45, 2.75) is 40.3 Å². The second-order valence-corrected chi connectivity index (χ2v) is 9.31. The minimum absolute atomic E-state index is 0.134. The van der Waals surface area contributed by atoms with Gasteiger partial charge in [0.15, 0.2) is 5.65 Å². The molecule has 1 atom stereocenters. The Bertz CT molecular complexity index is 1280. The lowest BCUT2D eigenvalue weighted by Crippen LogP contribution is -2.46. The second-order valence-electron chi connectivity index (χ2n) is 9.31. The van der Waals surface area contributed by atoms with Crippen LogP contribution in [0.3, 0.4) is 0 Å². The van der Waals surface area contributed by atoms with E-state index in [2.05, 4.69) is 36.3 Å². The van der Waals surface area contributed by atoms with Crippen LogP contribution in [0.4, 0.5) is 0 Å². The number of pyridine rings is 1. The zero-order chi connectivity index (χ0) is 23.8. The lowest BCUT2D eigenvalue weighted by Gasteiger charge is -2.31. The Labute approximate surface area is 193 Å². The molecule has 0 fully saturated rings. The van der Waals surface area contributed by atoms with Crippen molar-refractivity contribution >= 4 is 16.9 Å². The lowest BCUT2D eigenvalue weighted by atomic mass is 9.86. The molecule has 33 heavy (non-hydrogen) atoms. The van der Waals surface area contributed by atoms with Crippen molar-refractivity contribution in [3.05, 3.63) is 60.0 Å². The van der Waals surface area contributed by atoms with Crippen molar-refractivity contribution < 1.29 is 9.53 Å². The summed E-state index contributed by atoms with van der Waals surface area (Å²) < 4.78 is 8.94. The van der Waals surface area contributed by atoms with Gasteiger partial charge >= 0.3 is 0 Å². The van der Waals surface area contributed by atoms with Crippen molar-refractivity contribution in [1.82, 2.24) is 29.9 Å². The van der Waals surface area contributed by atoms with Gasteiger partial charge in [-0.15, -0.1) is 0 Å². The van der Waals surface area contributed by atoms with Gasteiger partial charge in [0.2, 0.25) is 0 Å². The fraction of sp³-hybridized carbons (Fsp3) is 0.360. The maximum atomic E-state index is 13.7. The Morgan fingerprint density at radius 2 is 2.00 bits per heavy atom. The van der Waals surface area contributed by atoms with Crippen LogP contribution in [0, 0.1) is 12.3 Å². The molecule has 0 radical (unpaired) electrons. The molecular formula is C25H30N6O2. The van der Waals surface area contributed by atoms with Gasteiger partial charge in [0.05, 0.1) is 42.0 Å². The van der Waals surface area contributed by atoms with Crippen molar-refractivity contribution in [2.75, 3.05) is 7.11 Å². The van der Waals surface area contributed by atoms with E-state index in [9.17, 15) is 4.79 Å². The van der Waals surface area contributed by atoms with E-state index in [0.29, 0.717) is 23.4 Å². The molecule has 1 amide bonds. The van der Waals surface area contributed by atoms with Gasteiger partial charge < -0.3 is 10.1 Å². The zero-order valence-electron chi connectivity index (χ0n) is 20.0. The van der Waals surface area contributed by atoms with Crippen molar-refractivity contribution in [1.29, 1.82) is 0 Å². The Morgan fingerprint density at radius 1 is 1.21 bits per heavy atom. The van der Waals surface area contributed by atoms with Crippen LogP contribution in [0.25, 0.3) is 22.3 Å². The highest BCUT2D eigenvalue weighted by molar-refractivity contribution is 6.07. The zero-order valence-corrected chi connectivity index (χ0v) is 20.0. The summed E-state index contributed by atoms with van der Waals surface area (Å²) in [5.41, 5.74) is 3.37. The molecule has 0 bridgehead atoms. The number of hydrogen-bond donors (Lipinski definition) is 1. The van der Waals surface area contributed by atoms with Crippen molar-refractivity contribution in [3.63, 3.8) is 0 Å². The number of nitrogens with zero attached hydrogens (tertiary/aromatic N) is 5. The molecule has 1 N–H and O–H groups in total. The molecule has 0 unspecified atom stereocenters. The van der Waals surface area contributed by atoms with E-state index in [0.717, 1.165) is 22.4 Å². The summed E-state index contributed by atoms with van der Waals surface area (Å²) in [6.07, 6.45) is 3.65. The van der Waals surface area contributed by atoms with Gasteiger partial charge in [0.1, 0.15) is 5.75 Å². The van der Waals surface area contributed by atoms with Gasteiger partial charge in [-0.2, -0.15) is 10.2 Å².